The molecule has 0 spiro atoms. The molecule has 2 heterocycles. The highest BCUT2D eigenvalue weighted by Crippen LogP contribution is 2.24. The first-order chi connectivity index (χ1) is 13.2. The summed E-state index contributed by atoms with van der Waals surface area (Å²) in [5, 5.41) is 10.5. The molecule has 1 saturated heterocycles. The van der Waals surface area contributed by atoms with E-state index in [0.29, 0.717) is 6.04 Å². The third kappa shape index (κ3) is 7.44. The molecular weight excluding hydrogens is 506 g/mol. The lowest BCUT2D eigenvalue weighted by Gasteiger charge is -2.33. The molecule has 28 heavy (non-hydrogen) atoms. The molecule has 2 N–H and O–H groups in total. The summed E-state index contributed by atoms with van der Waals surface area (Å²) in [7, 11) is 1.82. The Morgan fingerprint density at radius 2 is 2.00 bits per heavy atom. The van der Waals surface area contributed by atoms with Crippen molar-refractivity contribution >= 4 is 58.0 Å². The van der Waals surface area contributed by atoms with Crippen molar-refractivity contribution in [3.63, 3.8) is 0 Å². The molecule has 0 amide bonds. The number of benzene rings is 1. The van der Waals surface area contributed by atoms with Crippen molar-refractivity contribution in [2.75, 3.05) is 37.3 Å². The molecule has 154 valence electrons. The van der Waals surface area contributed by atoms with Crippen LogP contribution < -0.4 is 15.5 Å². The summed E-state index contributed by atoms with van der Waals surface area (Å²) in [4.78, 5) is 7.92. The Bertz CT molecular complexity index is 702. The minimum absolute atomic E-state index is 0. The Morgan fingerprint density at radius 1 is 1.25 bits per heavy atom. The summed E-state index contributed by atoms with van der Waals surface area (Å²) < 4.78 is 12.9. The normalized spacial score (nSPS) is 15.2. The molecule has 0 unspecified atom stereocenters. The molecule has 1 aliphatic rings. The van der Waals surface area contributed by atoms with Crippen LogP contribution in [0.4, 0.5) is 9.39 Å². The number of nitrogens with one attached hydrogen (secondary N) is 2. The minimum atomic E-state index is -0.183. The van der Waals surface area contributed by atoms with E-state index in [0.717, 1.165) is 55.5 Å². The van der Waals surface area contributed by atoms with E-state index >= 15 is 0 Å². The van der Waals surface area contributed by atoms with Crippen LogP contribution in [-0.2, 0) is 0 Å². The number of rotatable bonds is 7. The second-order valence-corrected chi connectivity index (χ2v) is 8.61. The number of halogens is 2. The van der Waals surface area contributed by atoms with Crippen molar-refractivity contribution in [1.82, 2.24) is 10.6 Å². The van der Waals surface area contributed by atoms with Gasteiger partial charge in [0.1, 0.15) is 5.82 Å². The van der Waals surface area contributed by atoms with Gasteiger partial charge in [-0.05, 0) is 66.8 Å². The van der Waals surface area contributed by atoms with Crippen LogP contribution in [-0.4, -0.2) is 44.4 Å². The maximum absolute atomic E-state index is 12.9. The molecule has 0 radical (unpaired) electrons. The molecule has 0 bridgehead atoms. The number of nitrogens with zero attached hydrogens (tertiary/aromatic N) is 2. The maximum atomic E-state index is 12.9. The topological polar surface area (TPSA) is 39.7 Å². The molecule has 8 heteroatoms. The molecule has 1 aromatic heterocycles. The van der Waals surface area contributed by atoms with E-state index in [1.165, 1.54) is 17.1 Å². The first-order valence-corrected chi connectivity index (χ1v) is 11.2. The van der Waals surface area contributed by atoms with E-state index in [4.69, 9.17) is 0 Å². The van der Waals surface area contributed by atoms with Gasteiger partial charge < -0.3 is 15.5 Å². The van der Waals surface area contributed by atoms with Crippen LogP contribution in [0.15, 0.2) is 51.7 Å². The van der Waals surface area contributed by atoms with Crippen LogP contribution in [0.5, 0.6) is 0 Å². The number of aliphatic imine (C=N–C) groups is 1. The highest BCUT2D eigenvalue weighted by Gasteiger charge is 2.20. The highest BCUT2D eigenvalue weighted by atomic mass is 127. The van der Waals surface area contributed by atoms with Crippen molar-refractivity contribution in [2.24, 2.45) is 4.99 Å². The largest absolute Gasteiger partial charge is 0.363 e. The fourth-order valence-electron chi connectivity index (χ4n) is 3.08. The van der Waals surface area contributed by atoms with Crippen molar-refractivity contribution in [3.8, 4) is 0 Å². The van der Waals surface area contributed by atoms with E-state index in [2.05, 4.69) is 38.0 Å². The lowest BCUT2D eigenvalue weighted by atomic mass is 10.1. The lowest BCUT2D eigenvalue weighted by molar-refractivity contribution is 0.463. The molecule has 0 atom stereocenters. The monoisotopic (exact) mass is 534 g/mol. The number of hydrogen-bond donors (Lipinski definition) is 2. The molecule has 3 rings (SSSR count). The third-order valence-electron chi connectivity index (χ3n) is 4.57. The second-order valence-electron chi connectivity index (χ2n) is 6.51. The van der Waals surface area contributed by atoms with Crippen LogP contribution in [0.1, 0.15) is 19.3 Å². The van der Waals surface area contributed by atoms with Gasteiger partial charge >= 0.3 is 0 Å². The molecule has 2 aromatic rings. The predicted octanol–water partition coefficient (Wildman–Crippen LogP) is 4.82. The number of piperidine rings is 1. The Labute approximate surface area is 192 Å². The van der Waals surface area contributed by atoms with E-state index in [9.17, 15) is 4.39 Å². The van der Waals surface area contributed by atoms with E-state index in [1.807, 2.05) is 30.5 Å². The maximum Gasteiger partial charge on any atom is 0.191 e. The summed E-state index contributed by atoms with van der Waals surface area (Å²) >= 11 is 3.56. The second kappa shape index (κ2) is 12.5. The molecule has 0 saturated carbocycles. The van der Waals surface area contributed by atoms with Gasteiger partial charge in [0.05, 0.1) is 5.00 Å². The van der Waals surface area contributed by atoms with Crippen molar-refractivity contribution < 1.29 is 4.39 Å². The Balaban J connectivity index is 0.00000280. The zero-order valence-electron chi connectivity index (χ0n) is 16.1. The van der Waals surface area contributed by atoms with Crippen molar-refractivity contribution in [3.05, 3.63) is 47.6 Å². The number of thioether (sulfide) groups is 1. The van der Waals surface area contributed by atoms with Gasteiger partial charge in [-0.3, -0.25) is 4.99 Å². The summed E-state index contributed by atoms with van der Waals surface area (Å²) in [6, 6.07) is 11.5. The van der Waals surface area contributed by atoms with Crippen molar-refractivity contribution in [1.29, 1.82) is 0 Å². The number of hydrogen-bond acceptors (Lipinski definition) is 4. The average molecular weight is 535 g/mol. The van der Waals surface area contributed by atoms with Gasteiger partial charge in [-0.15, -0.1) is 47.1 Å². The molecule has 4 nitrogen and oxygen atoms in total. The van der Waals surface area contributed by atoms with E-state index < -0.39 is 0 Å². The predicted molar refractivity (Wildman–Crippen MR) is 131 cm³/mol. The fraction of sp³-hybridized carbons (Fsp3) is 0.450. The smallest absolute Gasteiger partial charge is 0.191 e. The van der Waals surface area contributed by atoms with Crippen LogP contribution in [0.3, 0.4) is 0 Å². The summed E-state index contributed by atoms with van der Waals surface area (Å²) in [5.74, 6) is 1.70. The molecule has 1 aliphatic heterocycles. The van der Waals surface area contributed by atoms with Gasteiger partial charge in [-0.1, -0.05) is 0 Å². The van der Waals surface area contributed by atoms with E-state index in [-0.39, 0.29) is 29.8 Å². The van der Waals surface area contributed by atoms with Gasteiger partial charge in [0.2, 0.25) is 0 Å². The average Bonchev–Trinajstić information content (AvgIpc) is 3.23. The SMILES string of the molecule is CN=C(NCCCSc1ccc(F)cc1)NC1CCN(c2cccs2)CC1.I. The molecule has 0 aliphatic carbocycles. The zero-order chi connectivity index (χ0) is 18.9. The number of guanidine groups is 1. The quantitative estimate of drug-likeness (QED) is 0.176. The lowest BCUT2D eigenvalue weighted by Crippen LogP contribution is -2.48. The van der Waals surface area contributed by atoms with Gasteiger partial charge in [-0.2, -0.15) is 0 Å². The summed E-state index contributed by atoms with van der Waals surface area (Å²) in [6.07, 6.45) is 3.28. The van der Waals surface area contributed by atoms with Crippen LogP contribution in [0, 0.1) is 5.82 Å². The van der Waals surface area contributed by atoms with Gasteiger partial charge in [0.25, 0.3) is 0 Å². The third-order valence-corrected chi connectivity index (χ3v) is 6.60. The molecule has 1 aromatic carbocycles. The first kappa shape index (κ1) is 23.3. The standard InChI is InChI=1S/C20H27FN4S2.HI/c1-22-20(23-11-3-15-26-18-7-5-16(21)6-8-18)24-17-9-12-25(13-10-17)19-4-2-14-27-19;/h2,4-8,14,17H,3,9-13,15H2,1H3,(H2,22,23,24);1H. The van der Waals surface area contributed by atoms with Crippen LogP contribution >= 0.6 is 47.1 Å². The Kier molecular flexibility index (Phi) is 10.4. The minimum Gasteiger partial charge on any atom is -0.363 e. The van der Waals surface area contributed by atoms with Crippen LogP contribution in [0.25, 0.3) is 0 Å². The highest BCUT2D eigenvalue weighted by molar-refractivity contribution is 14.0. The fourth-order valence-corrected chi connectivity index (χ4v) is 4.72. The first-order valence-electron chi connectivity index (χ1n) is 9.38. The zero-order valence-corrected chi connectivity index (χ0v) is 20.0. The Morgan fingerprint density at radius 3 is 2.64 bits per heavy atom. The summed E-state index contributed by atoms with van der Waals surface area (Å²) in [5.41, 5.74) is 0. The van der Waals surface area contributed by atoms with E-state index in [1.54, 1.807) is 11.8 Å². The molecular formula is C20H28FIN4S2. The summed E-state index contributed by atoms with van der Waals surface area (Å²) in [6.45, 7) is 3.05. The Hall–Kier alpha value is -1.000. The van der Waals surface area contributed by atoms with Gasteiger partial charge in [0, 0.05) is 37.6 Å². The number of anilines is 1. The van der Waals surface area contributed by atoms with Gasteiger partial charge in [-0.25, -0.2) is 4.39 Å². The van der Waals surface area contributed by atoms with Crippen molar-refractivity contribution in [2.45, 2.75) is 30.2 Å². The van der Waals surface area contributed by atoms with Gasteiger partial charge in [0.15, 0.2) is 5.96 Å². The van der Waals surface area contributed by atoms with Crippen LogP contribution in [0.2, 0.25) is 0 Å². The molecule has 1 fully saturated rings. The number of thiophene rings is 1.